The summed E-state index contributed by atoms with van der Waals surface area (Å²) < 4.78 is 32.2. The van der Waals surface area contributed by atoms with Crippen molar-refractivity contribution in [2.75, 3.05) is 19.4 Å². The number of aliphatic hydroxyl groups excluding tert-OH is 1. The Hall–Kier alpha value is -0.830. The maximum atomic E-state index is 12.1. The van der Waals surface area contributed by atoms with Crippen molar-refractivity contribution in [3.63, 3.8) is 0 Å². The molecule has 0 aliphatic carbocycles. The van der Waals surface area contributed by atoms with Crippen molar-refractivity contribution in [1.82, 2.24) is 4.72 Å². The number of rotatable bonds is 6. The summed E-state index contributed by atoms with van der Waals surface area (Å²) in [5.74, 6) is 0.200. The van der Waals surface area contributed by atoms with Gasteiger partial charge in [0.25, 0.3) is 0 Å². The Morgan fingerprint density at radius 3 is 2.68 bits per heavy atom. The molecule has 1 aromatic rings. The van der Waals surface area contributed by atoms with Crippen LogP contribution in [0.25, 0.3) is 0 Å². The van der Waals surface area contributed by atoms with E-state index in [2.05, 4.69) is 20.7 Å². The lowest BCUT2D eigenvalue weighted by Gasteiger charge is -2.13. The van der Waals surface area contributed by atoms with Crippen molar-refractivity contribution in [3.05, 3.63) is 16.6 Å². The number of nitrogen functional groups attached to an aromatic ring is 1. The van der Waals surface area contributed by atoms with Crippen LogP contribution in [0.15, 0.2) is 21.5 Å². The number of benzene rings is 1. The minimum Gasteiger partial charge on any atom is -0.495 e. The number of nitrogens with two attached hydrogens (primary N) is 1. The van der Waals surface area contributed by atoms with E-state index in [-0.39, 0.29) is 17.2 Å². The fraction of sp³-hybridized carbons (Fsp3) is 0.455. The van der Waals surface area contributed by atoms with Crippen molar-refractivity contribution in [2.24, 2.45) is 0 Å². The highest BCUT2D eigenvalue weighted by Gasteiger charge is 2.20. The Morgan fingerprint density at radius 2 is 2.16 bits per heavy atom. The summed E-state index contributed by atoms with van der Waals surface area (Å²) in [6.45, 7) is 1.73. The van der Waals surface area contributed by atoms with E-state index < -0.39 is 16.1 Å². The van der Waals surface area contributed by atoms with E-state index in [0.717, 1.165) is 0 Å². The summed E-state index contributed by atoms with van der Waals surface area (Å²) in [6, 6.07) is 2.83. The van der Waals surface area contributed by atoms with Gasteiger partial charge in [0, 0.05) is 16.7 Å². The molecule has 0 bridgehead atoms. The molecule has 6 nitrogen and oxygen atoms in total. The molecule has 0 aliphatic rings. The van der Waals surface area contributed by atoms with E-state index >= 15 is 0 Å². The first-order valence-electron chi connectivity index (χ1n) is 5.58. The second-order valence-corrected chi connectivity index (χ2v) is 6.65. The summed E-state index contributed by atoms with van der Waals surface area (Å²) >= 11 is 3.21. The van der Waals surface area contributed by atoms with Crippen LogP contribution in [-0.2, 0) is 10.0 Å². The first kappa shape index (κ1) is 16.2. The van der Waals surface area contributed by atoms with Crippen LogP contribution in [0.1, 0.15) is 13.3 Å². The molecule has 8 heteroatoms. The van der Waals surface area contributed by atoms with Gasteiger partial charge >= 0.3 is 0 Å². The Morgan fingerprint density at radius 1 is 1.53 bits per heavy atom. The van der Waals surface area contributed by atoms with E-state index in [4.69, 9.17) is 15.6 Å². The number of methoxy groups -OCH3 is 1. The van der Waals surface area contributed by atoms with Gasteiger partial charge in [-0.25, -0.2) is 13.1 Å². The fourth-order valence-electron chi connectivity index (χ4n) is 1.40. The highest BCUT2D eigenvalue weighted by atomic mass is 79.9. The van der Waals surface area contributed by atoms with E-state index in [1.807, 2.05) is 0 Å². The van der Waals surface area contributed by atoms with Crippen molar-refractivity contribution in [2.45, 2.75) is 24.3 Å². The highest BCUT2D eigenvalue weighted by Crippen LogP contribution is 2.32. The number of aliphatic hydroxyl groups is 1. The van der Waals surface area contributed by atoms with Gasteiger partial charge in [0.05, 0.1) is 13.2 Å². The quantitative estimate of drug-likeness (QED) is 0.665. The first-order chi connectivity index (χ1) is 8.77. The average molecular weight is 353 g/mol. The largest absolute Gasteiger partial charge is 0.495 e. The molecule has 1 aromatic carbocycles. The zero-order chi connectivity index (χ0) is 14.6. The number of hydrogen-bond acceptors (Lipinski definition) is 5. The molecule has 0 radical (unpaired) electrons. The number of nitrogens with one attached hydrogen (secondary N) is 1. The summed E-state index contributed by atoms with van der Waals surface area (Å²) in [5, 5.41) is 9.12. The minimum absolute atomic E-state index is 0.0266. The molecule has 0 heterocycles. The van der Waals surface area contributed by atoms with E-state index in [1.54, 1.807) is 6.92 Å². The van der Waals surface area contributed by atoms with Gasteiger partial charge in [0.1, 0.15) is 10.6 Å². The van der Waals surface area contributed by atoms with E-state index in [9.17, 15) is 8.42 Å². The van der Waals surface area contributed by atoms with Crippen molar-refractivity contribution in [3.8, 4) is 5.75 Å². The number of ether oxygens (including phenoxy) is 1. The lowest BCUT2D eigenvalue weighted by molar-refractivity contribution is 0.186. The molecule has 0 saturated carbocycles. The fourth-order valence-corrected chi connectivity index (χ4v) is 2.95. The molecule has 1 atom stereocenters. The second-order valence-electron chi connectivity index (χ2n) is 4.06. The van der Waals surface area contributed by atoms with Crippen molar-refractivity contribution < 1.29 is 18.3 Å². The topological polar surface area (TPSA) is 102 Å². The monoisotopic (exact) mass is 352 g/mol. The molecule has 19 heavy (non-hydrogen) atoms. The first-order valence-corrected chi connectivity index (χ1v) is 7.86. The predicted molar refractivity (Wildman–Crippen MR) is 76.6 cm³/mol. The minimum atomic E-state index is -3.72. The van der Waals surface area contributed by atoms with Gasteiger partial charge in [0.2, 0.25) is 10.0 Å². The lowest BCUT2D eigenvalue weighted by Crippen LogP contribution is -2.27. The molecule has 1 rings (SSSR count). The van der Waals surface area contributed by atoms with Gasteiger partial charge in [-0.3, -0.25) is 0 Å². The standard InChI is InChI=1S/C11H17BrN2O4S/c1-7(15)3-4-14-19(16,17)11-6-9(13)8(12)5-10(11)18-2/h5-7,14-15H,3-4,13H2,1-2H3. The van der Waals surface area contributed by atoms with Crippen molar-refractivity contribution >= 4 is 31.6 Å². The number of halogens is 1. The molecule has 4 N–H and O–H groups in total. The average Bonchev–Trinajstić information content (AvgIpc) is 2.31. The van der Waals surface area contributed by atoms with Crippen LogP contribution in [-0.4, -0.2) is 33.3 Å². The van der Waals surface area contributed by atoms with Crippen LogP contribution in [0.5, 0.6) is 5.75 Å². The maximum Gasteiger partial charge on any atom is 0.244 e. The van der Waals surface area contributed by atoms with Crippen LogP contribution in [0.2, 0.25) is 0 Å². The molecule has 1 unspecified atom stereocenters. The van der Waals surface area contributed by atoms with Crippen LogP contribution in [0, 0.1) is 0 Å². The zero-order valence-corrected chi connectivity index (χ0v) is 13.1. The Kier molecular flexibility index (Phi) is 5.60. The van der Waals surface area contributed by atoms with Gasteiger partial charge in [-0.05, 0) is 41.4 Å². The summed E-state index contributed by atoms with van der Waals surface area (Å²) in [6.07, 6.45) is -0.243. The molecule has 108 valence electrons. The highest BCUT2D eigenvalue weighted by molar-refractivity contribution is 9.10. The number of sulfonamides is 1. The molecule has 0 amide bonds. The van der Waals surface area contributed by atoms with Crippen LogP contribution < -0.4 is 15.2 Å². The summed E-state index contributed by atoms with van der Waals surface area (Å²) in [5.41, 5.74) is 5.99. The molecule has 0 saturated heterocycles. The van der Waals surface area contributed by atoms with Gasteiger partial charge in [-0.1, -0.05) is 0 Å². The van der Waals surface area contributed by atoms with Crippen LogP contribution >= 0.6 is 15.9 Å². The lowest BCUT2D eigenvalue weighted by atomic mass is 10.3. The summed E-state index contributed by atoms with van der Waals surface area (Å²) in [4.78, 5) is -0.0266. The molecule has 0 aliphatic heterocycles. The zero-order valence-electron chi connectivity index (χ0n) is 10.7. The van der Waals surface area contributed by atoms with Gasteiger partial charge in [-0.2, -0.15) is 0 Å². The van der Waals surface area contributed by atoms with Crippen molar-refractivity contribution in [1.29, 1.82) is 0 Å². The predicted octanol–water partition coefficient (Wildman–Crippen LogP) is 1.09. The third kappa shape index (κ3) is 4.34. The number of anilines is 1. The van der Waals surface area contributed by atoms with E-state index in [0.29, 0.717) is 16.6 Å². The smallest absolute Gasteiger partial charge is 0.244 e. The SMILES string of the molecule is COc1cc(Br)c(N)cc1S(=O)(=O)NCCC(C)O. The third-order valence-electron chi connectivity index (χ3n) is 2.43. The normalized spacial score (nSPS) is 13.3. The molecule has 0 spiro atoms. The van der Waals surface area contributed by atoms with Crippen LogP contribution in [0.4, 0.5) is 5.69 Å². The second kappa shape index (κ2) is 6.56. The molecular formula is C11H17BrN2O4S. The molecule has 0 aromatic heterocycles. The van der Waals surface area contributed by atoms with Gasteiger partial charge in [0.15, 0.2) is 0 Å². The Bertz CT molecular complexity index is 546. The van der Waals surface area contributed by atoms with Gasteiger partial charge < -0.3 is 15.6 Å². The van der Waals surface area contributed by atoms with E-state index in [1.165, 1.54) is 19.2 Å². The maximum absolute atomic E-state index is 12.1. The molecule has 0 fully saturated rings. The Balaban J connectivity index is 3.03. The third-order valence-corrected chi connectivity index (χ3v) is 4.60. The van der Waals surface area contributed by atoms with Crippen LogP contribution in [0.3, 0.4) is 0 Å². The number of hydrogen-bond donors (Lipinski definition) is 3. The molecular weight excluding hydrogens is 336 g/mol. The summed E-state index contributed by atoms with van der Waals surface area (Å²) in [7, 11) is -2.34. The Labute approximate surface area is 121 Å². The van der Waals surface area contributed by atoms with Gasteiger partial charge in [-0.15, -0.1) is 0 Å².